The number of rotatable bonds is 8. The molecule has 1 unspecified atom stereocenters. The van der Waals surface area contributed by atoms with Crippen molar-refractivity contribution in [2.75, 3.05) is 6.54 Å². The Hall–Kier alpha value is -1.55. The lowest BCUT2D eigenvalue weighted by Crippen LogP contribution is -2.27. The van der Waals surface area contributed by atoms with Gasteiger partial charge in [0.05, 0.1) is 4.90 Å². The molecule has 2 rings (SSSR count). The minimum absolute atomic E-state index is 0.205. The van der Waals surface area contributed by atoms with E-state index in [1.54, 1.807) is 16.4 Å². The first-order valence-corrected chi connectivity index (χ1v) is 10.9. The van der Waals surface area contributed by atoms with Crippen molar-refractivity contribution in [2.24, 2.45) is 5.92 Å². The van der Waals surface area contributed by atoms with Crippen LogP contribution in [0, 0.1) is 12.8 Å². The molecule has 1 aliphatic rings. The Morgan fingerprint density at radius 3 is 2.52 bits per heavy atom. The van der Waals surface area contributed by atoms with Crippen LogP contribution in [0.5, 0.6) is 0 Å². The number of benzene rings is 1. The van der Waals surface area contributed by atoms with Gasteiger partial charge in [-0.25, -0.2) is 8.42 Å². The highest BCUT2D eigenvalue weighted by Gasteiger charge is 2.34. The van der Waals surface area contributed by atoms with E-state index < -0.39 is 10.0 Å². The molecule has 1 aliphatic heterocycles. The minimum Gasteiger partial charge on any atom is -0.270 e. The summed E-state index contributed by atoms with van der Waals surface area (Å²) in [6, 6.07) is 7.15. The van der Waals surface area contributed by atoms with E-state index in [1.165, 1.54) is 19.3 Å². The number of sulfonamides is 1. The Morgan fingerprint density at radius 1 is 1.16 bits per heavy atom. The molecule has 0 aromatic heterocycles. The molecule has 1 fully saturated rings. The number of unbranched alkanes of at least 4 members (excludes halogenated alkanes) is 4. The first-order chi connectivity index (χ1) is 12.0. The fraction of sp³-hybridized carbons (Fsp3) is 0.524. The maximum absolute atomic E-state index is 13.1. The van der Waals surface area contributed by atoms with Crippen LogP contribution in [-0.2, 0) is 10.0 Å². The van der Waals surface area contributed by atoms with Gasteiger partial charge < -0.3 is 0 Å². The van der Waals surface area contributed by atoms with E-state index >= 15 is 0 Å². The predicted molar refractivity (Wildman–Crippen MR) is 105 cm³/mol. The van der Waals surface area contributed by atoms with Gasteiger partial charge in [-0.3, -0.25) is 4.31 Å². The summed E-state index contributed by atoms with van der Waals surface area (Å²) in [5.74, 6) is 0.205. The summed E-state index contributed by atoms with van der Waals surface area (Å²) in [6.07, 6.45) is 12.9. The average Bonchev–Trinajstić information content (AvgIpc) is 2.99. The predicted octanol–water partition coefficient (Wildman–Crippen LogP) is 5.44. The van der Waals surface area contributed by atoms with Crippen molar-refractivity contribution in [2.45, 2.75) is 64.2 Å². The minimum atomic E-state index is -3.47. The zero-order chi connectivity index (χ0) is 18.3. The van der Waals surface area contributed by atoms with Crippen LogP contribution in [0.2, 0.25) is 0 Å². The molecule has 138 valence electrons. The summed E-state index contributed by atoms with van der Waals surface area (Å²) in [4.78, 5) is 0.385. The fourth-order valence-electron chi connectivity index (χ4n) is 3.32. The van der Waals surface area contributed by atoms with E-state index in [2.05, 4.69) is 19.1 Å². The van der Waals surface area contributed by atoms with E-state index in [-0.39, 0.29) is 5.92 Å². The molecule has 0 radical (unpaired) electrons. The van der Waals surface area contributed by atoms with Crippen LogP contribution in [0.15, 0.2) is 53.1 Å². The summed E-state index contributed by atoms with van der Waals surface area (Å²) in [5, 5.41) is 0. The molecular weight excluding hydrogens is 330 g/mol. The highest BCUT2D eigenvalue weighted by molar-refractivity contribution is 7.89. The SMILES string of the molecule is C/C=C/C1CCN(S(=O)(=O)c2ccc(C)cc2)/C1=C\CCCCCC. The highest BCUT2D eigenvalue weighted by Crippen LogP contribution is 2.34. The zero-order valence-electron chi connectivity index (χ0n) is 15.7. The summed E-state index contributed by atoms with van der Waals surface area (Å²) in [5.41, 5.74) is 2.02. The maximum Gasteiger partial charge on any atom is 0.264 e. The molecule has 4 heteroatoms. The molecule has 25 heavy (non-hydrogen) atoms. The lowest BCUT2D eigenvalue weighted by atomic mass is 10.0. The smallest absolute Gasteiger partial charge is 0.264 e. The Bertz CT molecular complexity index is 702. The molecule has 0 saturated carbocycles. The van der Waals surface area contributed by atoms with E-state index in [4.69, 9.17) is 0 Å². The molecule has 1 saturated heterocycles. The molecule has 0 spiro atoms. The normalized spacial score (nSPS) is 20.0. The third-order valence-electron chi connectivity index (χ3n) is 4.76. The van der Waals surface area contributed by atoms with Crippen molar-refractivity contribution < 1.29 is 8.42 Å². The quantitative estimate of drug-likeness (QED) is 0.457. The summed E-state index contributed by atoms with van der Waals surface area (Å²) < 4.78 is 27.8. The van der Waals surface area contributed by atoms with Crippen LogP contribution in [0.3, 0.4) is 0 Å². The second-order valence-electron chi connectivity index (χ2n) is 6.79. The van der Waals surface area contributed by atoms with Gasteiger partial charge in [0.25, 0.3) is 10.0 Å². The summed E-state index contributed by atoms with van der Waals surface area (Å²) in [6.45, 7) is 6.73. The number of allylic oxidation sites excluding steroid dienone is 3. The maximum atomic E-state index is 13.1. The Kier molecular flexibility index (Phi) is 7.30. The monoisotopic (exact) mass is 361 g/mol. The number of nitrogens with zero attached hydrogens (tertiary/aromatic N) is 1. The number of hydrogen-bond acceptors (Lipinski definition) is 2. The van der Waals surface area contributed by atoms with Crippen LogP contribution in [0.4, 0.5) is 0 Å². The van der Waals surface area contributed by atoms with Gasteiger partial charge in [0.1, 0.15) is 0 Å². The van der Waals surface area contributed by atoms with Crippen LogP contribution < -0.4 is 0 Å². The van der Waals surface area contributed by atoms with Crippen molar-refractivity contribution in [3.63, 3.8) is 0 Å². The first-order valence-electron chi connectivity index (χ1n) is 9.43. The molecule has 0 N–H and O–H groups in total. The van der Waals surface area contributed by atoms with Crippen molar-refractivity contribution >= 4 is 10.0 Å². The van der Waals surface area contributed by atoms with E-state index in [9.17, 15) is 8.42 Å². The fourth-order valence-corrected chi connectivity index (χ4v) is 4.88. The molecule has 0 amide bonds. The average molecular weight is 362 g/mol. The van der Waals surface area contributed by atoms with Gasteiger partial charge in [-0.15, -0.1) is 0 Å². The lowest BCUT2D eigenvalue weighted by Gasteiger charge is -2.22. The van der Waals surface area contributed by atoms with Crippen LogP contribution in [0.1, 0.15) is 57.9 Å². The van der Waals surface area contributed by atoms with Gasteiger partial charge in [0.15, 0.2) is 0 Å². The van der Waals surface area contributed by atoms with Gasteiger partial charge in [-0.05, 0) is 45.2 Å². The van der Waals surface area contributed by atoms with Crippen molar-refractivity contribution in [1.82, 2.24) is 4.31 Å². The molecule has 1 aromatic rings. The van der Waals surface area contributed by atoms with E-state index in [1.807, 2.05) is 32.1 Å². The lowest BCUT2D eigenvalue weighted by molar-refractivity contribution is 0.508. The summed E-state index contributed by atoms with van der Waals surface area (Å²) >= 11 is 0. The van der Waals surface area contributed by atoms with Crippen LogP contribution in [-0.4, -0.2) is 19.3 Å². The first kappa shape index (κ1) is 19.8. The summed E-state index contributed by atoms with van der Waals surface area (Å²) in [7, 11) is -3.47. The largest absolute Gasteiger partial charge is 0.270 e. The second-order valence-corrected chi connectivity index (χ2v) is 8.65. The molecule has 1 aromatic carbocycles. The molecule has 0 bridgehead atoms. The topological polar surface area (TPSA) is 37.4 Å². The van der Waals surface area contributed by atoms with Crippen molar-refractivity contribution in [3.05, 3.63) is 53.8 Å². The van der Waals surface area contributed by atoms with Gasteiger partial charge in [0.2, 0.25) is 0 Å². The number of hydrogen-bond donors (Lipinski definition) is 0. The zero-order valence-corrected chi connectivity index (χ0v) is 16.6. The molecule has 3 nitrogen and oxygen atoms in total. The van der Waals surface area contributed by atoms with E-state index in [0.29, 0.717) is 11.4 Å². The van der Waals surface area contributed by atoms with Crippen molar-refractivity contribution in [3.8, 4) is 0 Å². The third kappa shape index (κ3) is 4.97. The molecule has 0 aliphatic carbocycles. The van der Waals surface area contributed by atoms with Crippen LogP contribution in [0.25, 0.3) is 0 Å². The Morgan fingerprint density at radius 2 is 1.88 bits per heavy atom. The van der Waals surface area contributed by atoms with E-state index in [0.717, 1.165) is 30.5 Å². The standard InChI is InChI=1S/C21H31NO2S/c1-4-6-7-8-9-11-21-19(10-5-2)16-17-22(21)25(23,24)20-14-12-18(3)13-15-20/h5,10-15,19H,4,6-9,16-17H2,1-3H3/b10-5+,21-11-. The van der Waals surface area contributed by atoms with Gasteiger partial charge in [-0.1, -0.05) is 62.1 Å². The van der Waals surface area contributed by atoms with Gasteiger partial charge in [0, 0.05) is 18.2 Å². The second kappa shape index (κ2) is 9.23. The Labute approximate surface area is 153 Å². The number of aryl methyl sites for hydroxylation is 1. The molecule has 1 heterocycles. The molecular formula is C21H31NO2S. The highest BCUT2D eigenvalue weighted by atomic mass is 32.2. The third-order valence-corrected chi connectivity index (χ3v) is 6.60. The van der Waals surface area contributed by atoms with Crippen LogP contribution >= 0.6 is 0 Å². The van der Waals surface area contributed by atoms with Gasteiger partial charge >= 0.3 is 0 Å². The molecule has 1 atom stereocenters. The van der Waals surface area contributed by atoms with Gasteiger partial charge in [-0.2, -0.15) is 0 Å². The van der Waals surface area contributed by atoms with Crippen molar-refractivity contribution in [1.29, 1.82) is 0 Å². The Balaban J connectivity index is 2.24.